The fourth-order valence-corrected chi connectivity index (χ4v) is 3.83. The summed E-state index contributed by atoms with van der Waals surface area (Å²) in [5.41, 5.74) is 1.16. The minimum Gasteiger partial charge on any atom is -0.356 e. The lowest BCUT2D eigenvalue weighted by Gasteiger charge is -2.21. The van der Waals surface area contributed by atoms with Gasteiger partial charge in [0, 0.05) is 38.0 Å². The molecule has 2 rings (SSSR count). The molecule has 0 radical (unpaired) electrons. The third-order valence-corrected chi connectivity index (χ3v) is 5.45. The molecule has 1 aliphatic rings. The maximum atomic E-state index is 4.58. The molecule has 0 saturated carbocycles. The smallest absolute Gasteiger partial charge is 0.190 e. The predicted molar refractivity (Wildman–Crippen MR) is 115 cm³/mol. The maximum absolute atomic E-state index is 4.58. The van der Waals surface area contributed by atoms with Gasteiger partial charge in [-0.25, -0.2) is 4.98 Å². The highest BCUT2D eigenvalue weighted by molar-refractivity contribution is 14.0. The van der Waals surface area contributed by atoms with Crippen LogP contribution in [0.2, 0.25) is 0 Å². The summed E-state index contributed by atoms with van der Waals surface area (Å²) in [4.78, 5) is 12.8. The number of rotatable bonds is 7. The van der Waals surface area contributed by atoms with E-state index in [-0.39, 0.29) is 24.0 Å². The molecule has 0 spiro atoms. The molecule has 1 aliphatic heterocycles. The molecule has 1 unspecified atom stereocenters. The van der Waals surface area contributed by atoms with Crippen LogP contribution >= 0.6 is 35.3 Å². The summed E-state index contributed by atoms with van der Waals surface area (Å²) in [6, 6.07) is 0. The molecule has 1 saturated heterocycles. The number of nitrogens with one attached hydrogen (secondary N) is 2. The summed E-state index contributed by atoms with van der Waals surface area (Å²) in [5, 5.41) is 8.03. The fraction of sp³-hybridized carbons (Fsp3) is 0.765. The van der Waals surface area contributed by atoms with E-state index in [1.54, 1.807) is 11.3 Å². The van der Waals surface area contributed by atoms with Crippen LogP contribution in [0.5, 0.6) is 0 Å². The second-order valence-electron chi connectivity index (χ2n) is 6.49. The minimum absolute atomic E-state index is 0. The Morgan fingerprint density at radius 2 is 2.00 bits per heavy atom. The second kappa shape index (κ2) is 11.3. The van der Waals surface area contributed by atoms with Crippen molar-refractivity contribution < 1.29 is 0 Å². The number of aromatic nitrogens is 1. The van der Waals surface area contributed by atoms with Crippen molar-refractivity contribution in [1.82, 2.24) is 20.5 Å². The molecule has 7 heteroatoms. The first-order valence-electron chi connectivity index (χ1n) is 8.68. The summed E-state index contributed by atoms with van der Waals surface area (Å²) in [7, 11) is 1.83. The average molecular weight is 465 g/mol. The number of thiazole rings is 1. The van der Waals surface area contributed by atoms with Gasteiger partial charge in [-0.2, -0.15) is 0 Å². The molecule has 0 aromatic carbocycles. The Kier molecular flexibility index (Phi) is 10.1. The van der Waals surface area contributed by atoms with Crippen molar-refractivity contribution in [2.75, 3.05) is 39.8 Å². The van der Waals surface area contributed by atoms with Crippen molar-refractivity contribution in [3.63, 3.8) is 0 Å². The zero-order valence-corrected chi connectivity index (χ0v) is 18.5. The molecule has 0 bridgehead atoms. The quantitative estimate of drug-likeness (QED) is 0.370. The SMILES string of the molecule is CN=C(NCCc1nc(C)c(C)s1)NCC(C)CN1CCCC1.I. The Morgan fingerprint density at radius 1 is 1.29 bits per heavy atom. The lowest BCUT2D eigenvalue weighted by Crippen LogP contribution is -2.42. The normalized spacial score (nSPS) is 16.8. The van der Waals surface area contributed by atoms with Gasteiger partial charge in [-0.05, 0) is 45.7 Å². The monoisotopic (exact) mass is 465 g/mol. The molecule has 2 N–H and O–H groups in total. The average Bonchev–Trinajstić information content (AvgIpc) is 3.13. The van der Waals surface area contributed by atoms with Crippen molar-refractivity contribution in [1.29, 1.82) is 0 Å². The van der Waals surface area contributed by atoms with E-state index in [1.165, 1.54) is 42.4 Å². The van der Waals surface area contributed by atoms with Crippen LogP contribution in [0.4, 0.5) is 0 Å². The van der Waals surface area contributed by atoms with Gasteiger partial charge in [0.15, 0.2) is 5.96 Å². The van der Waals surface area contributed by atoms with Crippen molar-refractivity contribution in [2.24, 2.45) is 10.9 Å². The molecule has 5 nitrogen and oxygen atoms in total. The van der Waals surface area contributed by atoms with Gasteiger partial charge in [0.05, 0.1) is 10.7 Å². The third kappa shape index (κ3) is 7.23. The van der Waals surface area contributed by atoms with Crippen molar-refractivity contribution in [3.05, 3.63) is 15.6 Å². The van der Waals surface area contributed by atoms with Crippen LogP contribution in [-0.2, 0) is 6.42 Å². The molecular weight excluding hydrogens is 433 g/mol. The molecule has 1 atom stereocenters. The molecule has 138 valence electrons. The summed E-state index contributed by atoms with van der Waals surface area (Å²) >= 11 is 1.79. The summed E-state index contributed by atoms with van der Waals surface area (Å²) in [6.45, 7) is 12.1. The molecule has 2 heterocycles. The topological polar surface area (TPSA) is 52.6 Å². The Balaban J connectivity index is 0.00000288. The summed E-state index contributed by atoms with van der Waals surface area (Å²) < 4.78 is 0. The molecule has 1 fully saturated rings. The first-order valence-corrected chi connectivity index (χ1v) is 9.50. The highest BCUT2D eigenvalue weighted by Crippen LogP contribution is 2.16. The number of guanidine groups is 1. The number of halogens is 1. The minimum atomic E-state index is 0. The number of nitrogens with zero attached hydrogens (tertiary/aromatic N) is 3. The van der Waals surface area contributed by atoms with Crippen LogP contribution in [0.15, 0.2) is 4.99 Å². The van der Waals surface area contributed by atoms with Crippen molar-refractivity contribution in [3.8, 4) is 0 Å². The second-order valence-corrected chi connectivity index (χ2v) is 7.78. The van der Waals surface area contributed by atoms with E-state index in [0.29, 0.717) is 5.92 Å². The Labute approximate surface area is 167 Å². The van der Waals surface area contributed by atoms with Gasteiger partial charge in [-0.1, -0.05) is 6.92 Å². The lowest BCUT2D eigenvalue weighted by molar-refractivity contribution is 0.287. The van der Waals surface area contributed by atoms with E-state index in [0.717, 1.165) is 31.2 Å². The zero-order chi connectivity index (χ0) is 16.7. The van der Waals surface area contributed by atoms with Gasteiger partial charge in [0.2, 0.25) is 0 Å². The van der Waals surface area contributed by atoms with Gasteiger partial charge in [0.25, 0.3) is 0 Å². The molecule has 24 heavy (non-hydrogen) atoms. The number of aryl methyl sites for hydroxylation is 2. The van der Waals surface area contributed by atoms with Gasteiger partial charge in [-0.3, -0.25) is 4.99 Å². The summed E-state index contributed by atoms with van der Waals surface area (Å²) in [5.74, 6) is 1.53. The van der Waals surface area contributed by atoms with Crippen LogP contribution < -0.4 is 10.6 Å². The molecule has 1 aromatic heterocycles. The first-order chi connectivity index (χ1) is 11.1. The number of aliphatic imine (C=N–C) groups is 1. The molecular formula is C17H32IN5S. The highest BCUT2D eigenvalue weighted by Gasteiger charge is 2.14. The van der Waals surface area contributed by atoms with Gasteiger partial charge in [0.1, 0.15) is 0 Å². The number of likely N-dealkylation sites (tertiary alicyclic amines) is 1. The van der Waals surface area contributed by atoms with E-state index < -0.39 is 0 Å². The Bertz CT molecular complexity index is 492. The lowest BCUT2D eigenvalue weighted by atomic mass is 10.1. The van der Waals surface area contributed by atoms with Crippen LogP contribution in [-0.4, -0.2) is 55.6 Å². The van der Waals surface area contributed by atoms with Gasteiger partial charge < -0.3 is 15.5 Å². The maximum Gasteiger partial charge on any atom is 0.190 e. The predicted octanol–water partition coefficient (Wildman–Crippen LogP) is 2.82. The summed E-state index contributed by atoms with van der Waals surface area (Å²) in [6.07, 6.45) is 3.67. The van der Waals surface area contributed by atoms with E-state index >= 15 is 0 Å². The van der Waals surface area contributed by atoms with Crippen LogP contribution in [0.25, 0.3) is 0 Å². The van der Waals surface area contributed by atoms with E-state index in [2.05, 4.69) is 46.3 Å². The zero-order valence-electron chi connectivity index (χ0n) is 15.4. The first kappa shape index (κ1) is 21.6. The van der Waals surface area contributed by atoms with E-state index in [1.807, 2.05) is 7.05 Å². The van der Waals surface area contributed by atoms with E-state index in [9.17, 15) is 0 Å². The van der Waals surface area contributed by atoms with Crippen LogP contribution in [0.1, 0.15) is 35.3 Å². The third-order valence-electron chi connectivity index (χ3n) is 4.31. The highest BCUT2D eigenvalue weighted by atomic mass is 127. The van der Waals surface area contributed by atoms with Crippen LogP contribution in [0, 0.1) is 19.8 Å². The Hall–Kier alpha value is -0.410. The fourth-order valence-electron chi connectivity index (χ4n) is 2.90. The van der Waals surface area contributed by atoms with Crippen molar-refractivity contribution in [2.45, 2.75) is 40.0 Å². The molecule has 0 aliphatic carbocycles. The van der Waals surface area contributed by atoms with Crippen LogP contribution in [0.3, 0.4) is 0 Å². The number of hydrogen-bond acceptors (Lipinski definition) is 4. The Morgan fingerprint density at radius 3 is 2.58 bits per heavy atom. The standard InChI is InChI=1S/C17H31N5S.HI/c1-13(12-22-9-5-6-10-22)11-20-17(18-4)19-8-7-16-21-14(2)15(3)23-16;/h13H,5-12H2,1-4H3,(H2,18,19,20);1H. The van der Waals surface area contributed by atoms with Gasteiger partial charge in [-0.15, -0.1) is 35.3 Å². The van der Waals surface area contributed by atoms with E-state index in [4.69, 9.17) is 0 Å². The molecule has 1 aromatic rings. The van der Waals surface area contributed by atoms with Crippen molar-refractivity contribution >= 4 is 41.3 Å². The number of hydrogen-bond donors (Lipinski definition) is 2. The largest absolute Gasteiger partial charge is 0.356 e. The molecule has 0 amide bonds. The van der Waals surface area contributed by atoms with Gasteiger partial charge >= 0.3 is 0 Å².